The number of carbonyl (C=O) groups is 2. The molecule has 3 aliphatic rings. The number of benzene rings is 1. The van der Waals surface area contributed by atoms with E-state index < -0.39 is 0 Å². The zero-order chi connectivity index (χ0) is 18.1. The van der Waals surface area contributed by atoms with E-state index in [1.165, 1.54) is 6.07 Å². The molecule has 1 aromatic rings. The highest BCUT2D eigenvalue weighted by Crippen LogP contribution is 2.31. The number of hydrogen-bond acceptors (Lipinski definition) is 5. The first-order valence-corrected chi connectivity index (χ1v) is 9.10. The van der Waals surface area contributed by atoms with E-state index in [2.05, 4.69) is 10.2 Å². The molecule has 0 saturated carbocycles. The Balaban J connectivity index is 1.47. The molecule has 8 heteroatoms. The van der Waals surface area contributed by atoms with Crippen molar-refractivity contribution in [3.8, 4) is 0 Å². The highest BCUT2D eigenvalue weighted by molar-refractivity contribution is 5.95. The van der Waals surface area contributed by atoms with E-state index in [0.29, 0.717) is 38.3 Å². The Bertz CT molecular complexity index is 693. The van der Waals surface area contributed by atoms with Gasteiger partial charge in [-0.2, -0.15) is 0 Å². The van der Waals surface area contributed by atoms with Crippen molar-refractivity contribution in [3.63, 3.8) is 0 Å². The second-order valence-electron chi connectivity index (χ2n) is 7.00. The molecule has 140 valence electrons. The molecule has 0 aliphatic carbocycles. The topological polar surface area (TPSA) is 65.1 Å². The Kier molecular flexibility index (Phi) is 4.67. The smallest absolute Gasteiger partial charge is 0.325 e. The quantitative estimate of drug-likeness (QED) is 0.815. The highest BCUT2D eigenvalue weighted by atomic mass is 19.1. The molecule has 0 unspecified atom stereocenters. The zero-order valence-corrected chi connectivity index (χ0v) is 14.6. The van der Waals surface area contributed by atoms with Gasteiger partial charge < -0.3 is 19.9 Å². The fourth-order valence-electron chi connectivity index (χ4n) is 4.06. The first kappa shape index (κ1) is 17.1. The molecule has 3 fully saturated rings. The van der Waals surface area contributed by atoms with E-state index in [1.807, 2.05) is 11.0 Å². The maximum absolute atomic E-state index is 14.8. The van der Waals surface area contributed by atoms with E-state index in [9.17, 15) is 14.0 Å². The largest absolute Gasteiger partial charge is 0.464 e. The SMILES string of the molecule is O=COC1CCN(c2ccc(N3C[C@@H]4CNCCN4C3=O)c(F)c2)CC1. The summed E-state index contributed by atoms with van der Waals surface area (Å²) in [4.78, 5) is 28.5. The van der Waals surface area contributed by atoms with Crippen LogP contribution in [0.2, 0.25) is 0 Å². The van der Waals surface area contributed by atoms with Crippen molar-refractivity contribution in [1.82, 2.24) is 10.2 Å². The number of ether oxygens (including phenoxy) is 1. The summed E-state index contributed by atoms with van der Waals surface area (Å²) in [7, 11) is 0. The molecule has 26 heavy (non-hydrogen) atoms. The van der Waals surface area contributed by atoms with Crippen LogP contribution in [0.15, 0.2) is 18.2 Å². The van der Waals surface area contributed by atoms with Gasteiger partial charge in [-0.3, -0.25) is 9.69 Å². The number of nitrogens with zero attached hydrogens (tertiary/aromatic N) is 3. The minimum Gasteiger partial charge on any atom is -0.464 e. The number of carbonyl (C=O) groups excluding carboxylic acids is 2. The van der Waals surface area contributed by atoms with Gasteiger partial charge in [0.05, 0.1) is 11.7 Å². The van der Waals surface area contributed by atoms with Crippen molar-refractivity contribution in [2.45, 2.75) is 25.0 Å². The van der Waals surface area contributed by atoms with Crippen LogP contribution in [0.25, 0.3) is 0 Å². The van der Waals surface area contributed by atoms with Gasteiger partial charge in [0.2, 0.25) is 0 Å². The summed E-state index contributed by atoms with van der Waals surface area (Å²) >= 11 is 0. The van der Waals surface area contributed by atoms with E-state index in [0.717, 1.165) is 31.6 Å². The summed E-state index contributed by atoms with van der Waals surface area (Å²) in [6, 6.07) is 5.05. The molecule has 7 nitrogen and oxygen atoms in total. The third-order valence-electron chi connectivity index (χ3n) is 5.50. The molecule has 0 bridgehead atoms. The zero-order valence-electron chi connectivity index (χ0n) is 14.6. The molecule has 0 spiro atoms. The lowest BCUT2D eigenvalue weighted by Crippen LogP contribution is -2.49. The monoisotopic (exact) mass is 362 g/mol. The fourth-order valence-corrected chi connectivity index (χ4v) is 4.06. The van der Waals surface area contributed by atoms with Gasteiger partial charge in [-0.05, 0) is 18.2 Å². The molecule has 4 rings (SSSR count). The van der Waals surface area contributed by atoms with Gasteiger partial charge in [0.15, 0.2) is 0 Å². The van der Waals surface area contributed by atoms with E-state index in [1.54, 1.807) is 11.0 Å². The van der Waals surface area contributed by atoms with Crippen LogP contribution < -0.4 is 15.1 Å². The summed E-state index contributed by atoms with van der Waals surface area (Å²) in [5.74, 6) is -0.380. The maximum Gasteiger partial charge on any atom is 0.325 e. The molecule has 1 aromatic carbocycles. The lowest BCUT2D eigenvalue weighted by molar-refractivity contribution is -0.134. The second kappa shape index (κ2) is 7.11. The number of piperazine rings is 1. The average molecular weight is 362 g/mol. The second-order valence-corrected chi connectivity index (χ2v) is 7.00. The lowest BCUT2D eigenvalue weighted by Gasteiger charge is -2.33. The van der Waals surface area contributed by atoms with Crippen molar-refractivity contribution < 1.29 is 18.7 Å². The fraction of sp³-hybridized carbons (Fsp3) is 0.556. The molecular weight excluding hydrogens is 339 g/mol. The third-order valence-corrected chi connectivity index (χ3v) is 5.50. The van der Waals surface area contributed by atoms with Crippen LogP contribution in [-0.4, -0.2) is 68.8 Å². The summed E-state index contributed by atoms with van der Waals surface area (Å²) < 4.78 is 19.8. The predicted molar refractivity (Wildman–Crippen MR) is 94.9 cm³/mol. The number of hydrogen-bond donors (Lipinski definition) is 1. The summed E-state index contributed by atoms with van der Waals surface area (Å²) in [6.07, 6.45) is 1.41. The van der Waals surface area contributed by atoms with E-state index in [-0.39, 0.29) is 24.0 Å². The molecule has 1 N–H and O–H groups in total. The van der Waals surface area contributed by atoms with Crippen molar-refractivity contribution in [2.24, 2.45) is 0 Å². The van der Waals surface area contributed by atoms with E-state index in [4.69, 9.17) is 4.74 Å². The van der Waals surface area contributed by atoms with Gasteiger partial charge in [0.25, 0.3) is 6.47 Å². The van der Waals surface area contributed by atoms with Gasteiger partial charge in [-0.15, -0.1) is 0 Å². The maximum atomic E-state index is 14.8. The minimum atomic E-state index is -0.380. The molecule has 3 heterocycles. The molecule has 3 aliphatic heterocycles. The van der Waals surface area contributed by atoms with Crippen LogP contribution in [0.3, 0.4) is 0 Å². The Labute approximate surface area is 151 Å². The summed E-state index contributed by atoms with van der Waals surface area (Å²) in [5.41, 5.74) is 1.13. The number of amides is 2. The normalized spacial score (nSPS) is 24.0. The summed E-state index contributed by atoms with van der Waals surface area (Å²) in [6.45, 7) is 4.61. The molecular formula is C18H23FN4O3. The number of nitrogens with one attached hydrogen (secondary N) is 1. The number of urea groups is 1. The van der Waals surface area contributed by atoms with Crippen molar-refractivity contribution >= 4 is 23.9 Å². The standard InChI is InChI=1S/C18H23FN4O3/c19-16-9-13(21-6-3-15(4-7-21)26-12-24)1-2-17(16)23-11-14-10-20-5-8-22(14)18(23)25/h1-2,9,12,14-15,20H,3-8,10-11H2/t14-/m0/s1. The highest BCUT2D eigenvalue weighted by Gasteiger charge is 2.40. The molecule has 0 radical (unpaired) electrons. The average Bonchev–Trinajstić information content (AvgIpc) is 2.99. The molecule has 3 saturated heterocycles. The van der Waals surface area contributed by atoms with Gasteiger partial charge in [0.1, 0.15) is 11.9 Å². The van der Waals surface area contributed by atoms with E-state index >= 15 is 0 Å². The van der Waals surface area contributed by atoms with Crippen LogP contribution in [0.5, 0.6) is 0 Å². The number of piperidine rings is 1. The van der Waals surface area contributed by atoms with Crippen molar-refractivity contribution in [3.05, 3.63) is 24.0 Å². The third kappa shape index (κ3) is 3.09. The molecule has 2 amide bonds. The Morgan fingerprint density at radius 1 is 1.23 bits per heavy atom. The van der Waals surface area contributed by atoms with Crippen molar-refractivity contribution in [1.29, 1.82) is 0 Å². The number of halogens is 1. The Hall–Kier alpha value is -2.35. The van der Waals surface area contributed by atoms with Crippen LogP contribution in [-0.2, 0) is 9.53 Å². The molecule has 0 aromatic heterocycles. The van der Waals surface area contributed by atoms with Crippen LogP contribution >= 0.6 is 0 Å². The number of rotatable bonds is 4. The predicted octanol–water partition coefficient (Wildman–Crippen LogP) is 1.18. The van der Waals surface area contributed by atoms with Crippen molar-refractivity contribution in [2.75, 3.05) is 49.1 Å². The number of anilines is 2. The minimum absolute atomic E-state index is 0.0545. The van der Waals surface area contributed by atoms with Gasteiger partial charge in [-0.1, -0.05) is 0 Å². The lowest BCUT2D eigenvalue weighted by atomic mass is 10.1. The molecule has 1 atom stereocenters. The van der Waals surface area contributed by atoms with Gasteiger partial charge >= 0.3 is 6.03 Å². The Morgan fingerprint density at radius 3 is 2.73 bits per heavy atom. The van der Waals surface area contributed by atoms with Crippen LogP contribution in [0, 0.1) is 5.82 Å². The Morgan fingerprint density at radius 2 is 2.04 bits per heavy atom. The van der Waals surface area contributed by atoms with Gasteiger partial charge in [-0.25, -0.2) is 9.18 Å². The van der Waals surface area contributed by atoms with Gasteiger partial charge in [0, 0.05) is 57.8 Å². The first-order valence-electron chi connectivity index (χ1n) is 9.10. The first-order chi connectivity index (χ1) is 12.7. The number of fused-ring (bicyclic) bond motifs is 1. The van der Waals surface area contributed by atoms with Crippen LogP contribution in [0.1, 0.15) is 12.8 Å². The summed E-state index contributed by atoms with van der Waals surface area (Å²) in [5, 5.41) is 3.28. The van der Waals surface area contributed by atoms with Crippen LogP contribution in [0.4, 0.5) is 20.6 Å².